The van der Waals surface area contributed by atoms with Crippen molar-refractivity contribution in [2.45, 2.75) is 32.6 Å². The van der Waals surface area contributed by atoms with Crippen molar-refractivity contribution in [1.29, 1.82) is 0 Å². The van der Waals surface area contributed by atoms with Crippen LogP contribution >= 0.6 is 0 Å². The monoisotopic (exact) mass is 218 g/mol. The first-order chi connectivity index (χ1) is 7.61. The van der Waals surface area contributed by atoms with Crippen molar-refractivity contribution in [2.24, 2.45) is 0 Å². The molecule has 0 heterocycles. The second-order valence-electron chi connectivity index (χ2n) is 4.06. The number of aliphatic carboxylic acids is 1. The third kappa shape index (κ3) is 3.89. The first-order valence-corrected chi connectivity index (χ1v) is 5.57. The van der Waals surface area contributed by atoms with E-state index in [0.29, 0.717) is 0 Å². The van der Waals surface area contributed by atoms with Crippen molar-refractivity contribution in [3.05, 3.63) is 47.5 Å². The Morgan fingerprint density at radius 2 is 1.56 bits per heavy atom. The fourth-order valence-electron chi connectivity index (χ4n) is 1.68. The Kier molecular flexibility index (Phi) is 4.77. The van der Waals surface area contributed by atoms with Gasteiger partial charge in [-0.15, -0.1) is 0 Å². The number of fused-ring (bicyclic) bond motifs is 1. The second-order valence-corrected chi connectivity index (χ2v) is 4.06. The Morgan fingerprint density at radius 3 is 1.88 bits per heavy atom. The van der Waals surface area contributed by atoms with Crippen LogP contribution in [0.3, 0.4) is 0 Å². The molecule has 1 aliphatic carbocycles. The van der Waals surface area contributed by atoms with E-state index in [0.717, 1.165) is 0 Å². The highest BCUT2D eigenvalue weighted by atomic mass is 16.4. The van der Waals surface area contributed by atoms with Gasteiger partial charge in [0.15, 0.2) is 0 Å². The van der Waals surface area contributed by atoms with Gasteiger partial charge in [-0.05, 0) is 43.7 Å². The van der Waals surface area contributed by atoms with E-state index in [2.05, 4.69) is 30.8 Å². The largest absolute Gasteiger partial charge is 0.478 e. The number of benzene rings is 1. The summed E-state index contributed by atoms with van der Waals surface area (Å²) in [6, 6.07) is 8.80. The van der Waals surface area contributed by atoms with Crippen LogP contribution in [0.2, 0.25) is 0 Å². The number of carboxylic acids is 1. The molecular formula is C14H18O2. The fraction of sp³-hybridized carbons (Fsp3) is 0.357. The van der Waals surface area contributed by atoms with Crippen molar-refractivity contribution in [1.82, 2.24) is 0 Å². The molecule has 1 aromatic carbocycles. The Morgan fingerprint density at radius 1 is 1.19 bits per heavy atom. The van der Waals surface area contributed by atoms with Crippen LogP contribution in [0, 0.1) is 0 Å². The van der Waals surface area contributed by atoms with Gasteiger partial charge in [0.05, 0.1) is 0 Å². The number of carbonyl (C=O) groups is 1. The van der Waals surface area contributed by atoms with E-state index in [1.165, 1.54) is 32.6 Å². The molecule has 0 aliphatic heterocycles. The number of aryl methyl sites for hydroxylation is 2. The average Bonchev–Trinajstić information content (AvgIpc) is 2.30. The summed E-state index contributed by atoms with van der Waals surface area (Å²) in [5.41, 5.74) is 3.33. The lowest BCUT2D eigenvalue weighted by atomic mass is 9.92. The molecule has 0 aromatic heterocycles. The summed E-state index contributed by atoms with van der Waals surface area (Å²) in [5, 5.41) is 7.89. The predicted molar refractivity (Wildman–Crippen MR) is 65.5 cm³/mol. The van der Waals surface area contributed by atoms with Crippen molar-refractivity contribution in [3.8, 4) is 0 Å². The summed E-state index contributed by atoms with van der Waals surface area (Å²) in [6.45, 7) is 4.60. The van der Waals surface area contributed by atoms with Gasteiger partial charge in [-0.1, -0.05) is 30.8 Å². The van der Waals surface area contributed by atoms with E-state index in [9.17, 15) is 4.79 Å². The highest BCUT2D eigenvalue weighted by molar-refractivity contribution is 5.84. The van der Waals surface area contributed by atoms with Gasteiger partial charge in [0.1, 0.15) is 0 Å². The van der Waals surface area contributed by atoms with Crippen molar-refractivity contribution >= 4 is 5.97 Å². The zero-order valence-corrected chi connectivity index (χ0v) is 9.70. The fourth-order valence-corrected chi connectivity index (χ4v) is 1.68. The van der Waals surface area contributed by atoms with Crippen LogP contribution in [-0.4, -0.2) is 11.1 Å². The lowest BCUT2D eigenvalue weighted by molar-refractivity contribution is -0.132. The SMILES string of the molecule is C=C(C)C(=O)O.c1ccc2c(c1)CCCC2. The lowest BCUT2D eigenvalue weighted by Gasteiger charge is -2.13. The second kappa shape index (κ2) is 6.11. The van der Waals surface area contributed by atoms with Crippen LogP contribution in [0.1, 0.15) is 30.9 Å². The van der Waals surface area contributed by atoms with Crippen LogP contribution in [0.15, 0.2) is 36.4 Å². The number of carboxylic acid groups (broad SMARTS) is 1. The van der Waals surface area contributed by atoms with E-state index in [4.69, 9.17) is 5.11 Å². The third-order valence-corrected chi connectivity index (χ3v) is 2.63. The summed E-state index contributed by atoms with van der Waals surface area (Å²) in [4.78, 5) is 9.60. The number of hydrogen-bond donors (Lipinski definition) is 1. The highest BCUT2D eigenvalue weighted by Gasteiger charge is 2.05. The Balaban J connectivity index is 0.000000187. The zero-order chi connectivity index (χ0) is 12.0. The first kappa shape index (κ1) is 12.5. The van der Waals surface area contributed by atoms with Crippen molar-refractivity contribution in [2.75, 3.05) is 0 Å². The molecule has 16 heavy (non-hydrogen) atoms. The van der Waals surface area contributed by atoms with Gasteiger partial charge in [0.25, 0.3) is 0 Å². The molecule has 1 aromatic rings. The van der Waals surface area contributed by atoms with Gasteiger partial charge >= 0.3 is 5.97 Å². The van der Waals surface area contributed by atoms with Gasteiger partial charge < -0.3 is 5.11 Å². The van der Waals surface area contributed by atoms with Gasteiger partial charge in [-0.3, -0.25) is 0 Å². The molecule has 2 rings (SSSR count). The maximum absolute atomic E-state index is 9.60. The Bertz CT molecular complexity index is 343. The van der Waals surface area contributed by atoms with E-state index >= 15 is 0 Å². The minimum Gasteiger partial charge on any atom is -0.478 e. The van der Waals surface area contributed by atoms with Gasteiger partial charge in [-0.25, -0.2) is 4.79 Å². The summed E-state index contributed by atoms with van der Waals surface area (Å²) >= 11 is 0. The molecule has 0 radical (unpaired) electrons. The lowest BCUT2D eigenvalue weighted by Crippen LogP contribution is -2.00. The molecule has 2 heteroatoms. The summed E-state index contributed by atoms with van der Waals surface area (Å²) in [6.07, 6.45) is 5.38. The van der Waals surface area contributed by atoms with Crippen LogP contribution < -0.4 is 0 Å². The molecule has 0 saturated heterocycles. The van der Waals surface area contributed by atoms with Gasteiger partial charge in [0.2, 0.25) is 0 Å². The third-order valence-electron chi connectivity index (χ3n) is 2.63. The maximum atomic E-state index is 9.60. The average molecular weight is 218 g/mol. The molecule has 0 atom stereocenters. The van der Waals surface area contributed by atoms with Crippen LogP contribution in [-0.2, 0) is 17.6 Å². The molecule has 1 aliphatic rings. The minimum absolute atomic E-state index is 0.176. The van der Waals surface area contributed by atoms with Gasteiger partial charge in [0, 0.05) is 5.57 Å². The maximum Gasteiger partial charge on any atom is 0.330 e. The van der Waals surface area contributed by atoms with Crippen LogP contribution in [0.4, 0.5) is 0 Å². The van der Waals surface area contributed by atoms with Crippen LogP contribution in [0.25, 0.3) is 0 Å². The molecular weight excluding hydrogens is 200 g/mol. The normalized spacial score (nSPS) is 13.1. The molecule has 0 amide bonds. The molecule has 2 nitrogen and oxygen atoms in total. The predicted octanol–water partition coefficient (Wildman–Crippen LogP) is 3.21. The molecule has 0 fully saturated rings. The minimum atomic E-state index is -0.935. The van der Waals surface area contributed by atoms with E-state index in [1.807, 2.05) is 0 Å². The zero-order valence-electron chi connectivity index (χ0n) is 9.70. The smallest absolute Gasteiger partial charge is 0.330 e. The Hall–Kier alpha value is -1.57. The van der Waals surface area contributed by atoms with Crippen molar-refractivity contribution < 1.29 is 9.90 Å². The van der Waals surface area contributed by atoms with E-state index in [-0.39, 0.29) is 5.57 Å². The Labute approximate surface area is 96.6 Å². The van der Waals surface area contributed by atoms with Crippen LogP contribution in [0.5, 0.6) is 0 Å². The standard InChI is InChI=1S/C10H12.C4H6O2/c1-2-6-10-8-4-3-7-9(10)5-1;1-3(2)4(5)6/h1-2,5-6H,3-4,7-8H2;1H2,2H3,(H,5,6). The molecule has 1 N–H and O–H groups in total. The quantitative estimate of drug-likeness (QED) is 0.735. The first-order valence-electron chi connectivity index (χ1n) is 5.57. The van der Waals surface area contributed by atoms with Crippen molar-refractivity contribution in [3.63, 3.8) is 0 Å². The molecule has 86 valence electrons. The topological polar surface area (TPSA) is 37.3 Å². The molecule has 0 bridgehead atoms. The number of rotatable bonds is 1. The number of hydrogen-bond acceptors (Lipinski definition) is 1. The molecule has 0 saturated carbocycles. The van der Waals surface area contributed by atoms with Gasteiger partial charge in [-0.2, -0.15) is 0 Å². The molecule has 0 unspecified atom stereocenters. The summed E-state index contributed by atoms with van der Waals surface area (Å²) < 4.78 is 0. The highest BCUT2D eigenvalue weighted by Crippen LogP contribution is 2.19. The van der Waals surface area contributed by atoms with E-state index < -0.39 is 5.97 Å². The molecule has 0 spiro atoms. The summed E-state index contributed by atoms with van der Waals surface area (Å²) in [5.74, 6) is -0.935. The van der Waals surface area contributed by atoms with E-state index in [1.54, 1.807) is 11.1 Å². The summed E-state index contributed by atoms with van der Waals surface area (Å²) in [7, 11) is 0.